The van der Waals surface area contributed by atoms with Crippen molar-refractivity contribution >= 4 is 28.2 Å². The highest BCUT2D eigenvalue weighted by molar-refractivity contribution is 7.07. The Morgan fingerprint density at radius 1 is 1.33 bits per heavy atom. The molecule has 3 nitrogen and oxygen atoms in total. The van der Waals surface area contributed by atoms with Gasteiger partial charge in [0.15, 0.2) is 0 Å². The summed E-state index contributed by atoms with van der Waals surface area (Å²) in [5, 5.41) is 8.11. The van der Waals surface area contributed by atoms with E-state index in [0.717, 1.165) is 22.3 Å². The van der Waals surface area contributed by atoms with Crippen LogP contribution in [-0.4, -0.2) is 11.9 Å². The van der Waals surface area contributed by atoms with E-state index in [1.165, 1.54) is 0 Å². The molecule has 108 valence electrons. The Labute approximate surface area is 127 Å². The molecule has 2 aromatic heterocycles. The van der Waals surface area contributed by atoms with Crippen LogP contribution in [-0.2, 0) is 17.6 Å². The molecule has 0 aliphatic carbocycles. The first-order valence-electron chi connectivity index (χ1n) is 6.98. The maximum Gasteiger partial charge on any atom is 0.224 e. The number of carbonyl (C=O) groups excluding carboxylic acids is 1. The average molecular weight is 299 g/mol. The molecule has 0 fully saturated rings. The van der Waals surface area contributed by atoms with Crippen LogP contribution >= 0.6 is 11.3 Å². The smallest absolute Gasteiger partial charge is 0.224 e. The second-order valence-electron chi connectivity index (χ2n) is 5.23. The summed E-state index contributed by atoms with van der Waals surface area (Å²) in [7, 11) is 0. The Morgan fingerprint density at radius 3 is 2.95 bits per heavy atom. The second-order valence-corrected chi connectivity index (χ2v) is 6.01. The lowest BCUT2D eigenvalue weighted by Gasteiger charge is -2.12. The number of furan rings is 1. The van der Waals surface area contributed by atoms with Crippen molar-refractivity contribution in [1.29, 1.82) is 0 Å². The molecule has 0 radical (unpaired) electrons. The highest BCUT2D eigenvalue weighted by Gasteiger charge is 2.12. The number of nitrogens with one attached hydrogen (secondary N) is 1. The van der Waals surface area contributed by atoms with Crippen LogP contribution in [0.1, 0.15) is 18.2 Å². The van der Waals surface area contributed by atoms with E-state index in [0.29, 0.717) is 12.8 Å². The van der Waals surface area contributed by atoms with Gasteiger partial charge in [0.25, 0.3) is 0 Å². The van der Waals surface area contributed by atoms with Crippen LogP contribution in [0.4, 0.5) is 0 Å². The van der Waals surface area contributed by atoms with Gasteiger partial charge < -0.3 is 9.73 Å². The van der Waals surface area contributed by atoms with Crippen LogP contribution in [0.25, 0.3) is 11.0 Å². The van der Waals surface area contributed by atoms with E-state index >= 15 is 0 Å². The van der Waals surface area contributed by atoms with Crippen LogP contribution in [0.15, 0.2) is 51.6 Å². The van der Waals surface area contributed by atoms with Gasteiger partial charge in [0.1, 0.15) is 11.3 Å². The van der Waals surface area contributed by atoms with Gasteiger partial charge in [-0.1, -0.05) is 18.2 Å². The Bertz CT molecular complexity index is 697. The molecule has 0 saturated carbocycles. The number of thiophene rings is 1. The van der Waals surface area contributed by atoms with Crippen LogP contribution in [0.3, 0.4) is 0 Å². The molecule has 0 aliphatic rings. The minimum Gasteiger partial charge on any atom is -0.461 e. The number of amides is 1. The van der Waals surface area contributed by atoms with Gasteiger partial charge in [-0.15, -0.1) is 0 Å². The molecule has 21 heavy (non-hydrogen) atoms. The first-order chi connectivity index (χ1) is 10.2. The van der Waals surface area contributed by atoms with Gasteiger partial charge in [-0.25, -0.2) is 0 Å². The topological polar surface area (TPSA) is 42.2 Å². The third-order valence-electron chi connectivity index (χ3n) is 3.34. The van der Waals surface area contributed by atoms with Gasteiger partial charge >= 0.3 is 0 Å². The molecule has 1 amide bonds. The van der Waals surface area contributed by atoms with Crippen LogP contribution in [0.2, 0.25) is 0 Å². The highest BCUT2D eigenvalue weighted by Crippen LogP contribution is 2.19. The molecule has 0 bridgehead atoms. The SMILES string of the molecule is C[C@H](Cc1cc2ccccc2o1)NC(=O)Cc1ccsc1. The molecule has 3 aromatic rings. The Kier molecular flexibility index (Phi) is 4.06. The zero-order valence-corrected chi connectivity index (χ0v) is 12.7. The number of carbonyl (C=O) groups is 1. The maximum absolute atomic E-state index is 11.9. The zero-order valence-electron chi connectivity index (χ0n) is 11.8. The van der Waals surface area contributed by atoms with Crippen molar-refractivity contribution in [2.24, 2.45) is 0 Å². The number of benzene rings is 1. The molecular weight excluding hydrogens is 282 g/mol. The highest BCUT2D eigenvalue weighted by atomic mass is 32.1. The minimum atomic E-state index is 0.0525. The van der Waals surface area contributed by atoms with E-state index in [4.69, 9.17) is 4.42 Å². The summed E-state index contributed by atoms with van der Waals surface area (Å²) in [4.78, 5) is 11.9. The quantitative estimate of drug-likeness (QED) is 0.779. The van der Waals surface area contributed by atoms with Gasteiger partial charge in [-0.3, -0.25) is 4.79 Å². The van der Waals surface area contributed by atoms with Gasteiger partial charge in [0, 0.05) is 17.8 Å². The lowest BCUT2D eigenvalue weighted by molar-refractivity contribution is -0.121. The summed E-state index contributed by atoms with van der Waals surface area (Å²) in [6.07, 6.45) is 1.14. The predicted octanol–water partition coefficient (Wildman–Crippen LogP) is 3.78. The van der Waals surface area contributed by atoms with Gasteiger partial charge in [-0.2, -0.15) is 11.3 Å². The molecule has 0 aliphatic heterocycles. The molecule has 2 heterocycles. The molecule has 1 N–H and O–H groups in total. The van der Waals surface area contributed by atoms with E-state index in [-0.39, 0.29) is 11.9 Å². The molecule has 0 saturated heterocycles. The van der Waals surface area contributed by atoms with Crippen LogP contribution in [0.5, 0.6) is 0 Å². The largest absolute Gasteiger partial charge is 0.461 e. The van der Waals surface area contributed by atoms with E-state index in [9.17, 15) is 4.79 Å². The molecular formula is C17H17NO2S. The fourth-order valence-corrected chi connectivity index (χ4v) is 3.06. The zero-order chi connectivity index (χ0) is 14.7. The van der Waals surface area contributed by atoms with Crippen LogP contribution in [0, 0.1) is 0 Å². The minimum absolute atomic E-state index is 0.0525. The lowest BCUT2D eigenvalue weighted by Crippen LogP contribution is -2.34. The molecule has 3 rings (SSSR count). The molecule has 4 heteroatoms. The molecule has 1 aromatic carbocycles. The Balaban J connectivity index is 1.58. The summed E-state index contributed by atoms with van der Waals surface area (Å²) in [6, 6.07) is 12.0. The number of para-hydroxylation sites is 1. The summed E-state index contributed by atoms with van der Waals surface area (Å²) in [5.41, 5.74) is 1.96. The number of fused-ring (bicyclic) bond motifs is 1. The number of rotatable bonds is 5. The molecule has 0 unspecified atom stereocenters. The summed E-state index contributed by atoms with van der Waals surface area (Å²) < 4.78 is 5.78. The summed E-state index contributed by atoms with van der Waals surface area (Å²) >= 11 is 1.61. The predicted molar refractivity (Wildman–Crippen MR) is 85.5 cm³/mol. The second kappa shape index (κ2) is 6.14. The van der Waals surface area contributed by atoms with Crippen molar-refractivity contribution in [2.45, 2.75) is 25.8 Å². The Hall–Kier alpha value is -2.07. The van der Waals surface area contributed by atoms with Crippen molar-refractivity contribution in [3.63, 3.8) is 0 Å². The van der Waals surface area contributed by atoms with Gasteiger partial charge in [-0.05, 0) is 41.4 Å². The first-order valence-corrected chi connectivity index (χ1v) is 7.93. The van der Waals surface area contributed by atoms with Crippen LogP contribution < -0.4 is 5.32 Å². The van der Waals surface area contributed by atoms with Crippen molar-refractivity contribution in [3.8, 4) is 0 Å². The first kappa shape index (κ1) is 13.9. The normalized spacial score (nSPS) is 12.4. The van der Waals surface area contributed by atoms with Crippen molar-refractivity contribution in [3.05, 3.63) is 58.5 Å². The third-order valence-corrected chi connectivity index (χ3v) is 4.07. The average Bonchev–Trinajstić information content (AvgIpc) is 3.06. The van der Waals surface area contributed by atoms with E-state index in [1.807, 2.05) is 54.1 Å². The van der Waals surface area contributed by atoms with Crippen molar-refractivity contribution in [2.75, 3.05) is 0 Å². The maximum atomic E-state index is 11.9. The lowest BCUT2D eigenvalue weighted by atomic mass is 10.1. The monoisotopic (exact) mass is 299 g/mol. The Morgan fingerprint density at radius 2 is 2.19 bits per heavy atom. The fraction of sp³-hybridized carbons (Fsp3) is 0.235. The molecule has 1 atom stereocenters. The van der Waals surface area contributed by atoms with Crippen molar-refractivity contribution < 1.29 is 9.21 Å². The molecule has 0 spiro atoms. The van der Waals surface area contributed by atoms with E-state index in [2.05, 4.69) is 5.32 Å². The number of hydrogen-bond donors (Lipinski definition) is 1. The van der Waals surface area contributed by atoms with Gasteiger partial charge in [0.05, 0.1) is 6.42 Å². The van der Waals surface area contributed by atoms with E-state index < -0.39 is 0 Å². The summed E-state index contributed by atoms with van der Waals surface area (Å²) in [6.45, 7) is 2.00. The van der Waals surface area contributed by atoms with Gasteiger partial charge in [0.2, 0.25) is 5.91 Å². The van der Waals surface area contributed by atoms with E-state index in [1.54, 1.807) is 11.3 Å². The number of hydrogen-bond acceptors (Lipinski definition) is 3. The fourth-order valence-electron chi connectivity index (χ4n) is 2.39. The third kappa shape index (κ3) is 3.52. The van der Waals surface area contributed by atoms with Crippen molar-refractivity contribution in [1.82, 2.24) is 5.32 Å². The summed E-state index contributed by atoms with van der Waals surface area (Å²) in [5.74, 6) is 0.955. The standard InChI is InChI=1S/C17H17NO2S/c1-12(18-17(19)9-13-6-7-21-11-13)8-15-10-14-4-2-3-5-16(14)20-15/h2-7,10-12H,8-9H2,1H3,(H,18,19)/t12-/m1/s1.